The van der Waals surface area contributed by atoms with Gasteiger partial charge in [0, 0.05) is 30.9 Å². The maximum Gasteiger partial charge on any atom is 0.256 e. The zero-order valence-electron chi connectivity index (χ0n) is 18.8. The molecular formula is C25H25N5O3. The van der Waals surface area contributed by atoms with Crippen molar-refractivity contribution in [1.29, 1.82) is 0 Å². The Morgan fingerprint density at radius 2 is 2.03 bits per heavy atom. The van der Waals surface area contributed by atoms with Crippen LogP contribution in [0.3, 0.4) is 0 Å². The first kappa shape index (κ1) is 20.9. The van der Waals surface area contributed by atoms with Gasteiger partial charge in [0.1, 0.15) is 5.69 Å². The fraction of sp³-hybridized carbons (Fsp3) is 0.280. The second-order valence-corrected chi connectivity index (χ2v) is 8.52. The molecule has 1 aliphatic rings. The Kier molecular flexibility index (Phi) is 5.20. The summed E-state index contributed by atoms with van der Waals surface area (Å²) in [6.45, 7) is 6.33. The molecule has 4 aromatic rings. The molecule has 0 atom stereocenters. The predicted molar refractivity (Wildman–Crippen MR) is 126 cm³/mol. The summed E-state index contributed by atoms with van der Waals surface area (Å²) in [6.07, 6.45) is 5.03. The first-order chi connectivity index (χ1) is 15.9. The van der Waals surface area contributed by atoms with E-state index in [1.807, 2.05) is 38.1 Å². The summed E-state index contributed by atoms with van der Waals surface area (Å²) in [7, 11) is 0. The standard InChI is InChI=1S/C25H25N5O3/c1-15(2)30-24-20(14-26-30)19(13-21(28-24)23-7-5-11-33-23)25(32)27-18-8-9-22-17(12-18)6-4-10-29(22)16(3)31/h5,7-9,11-15H,4,6,10H2,1-3H3,(H,27,32). The van der Waals surface area contributed by atoms with Gasteiger partial charge in [-0.25, -0.2) is 9.67 Å². The van der Waals surface area contributed by atoms with Gasteiger partial charge in [0.15, 0.2) is 11.4 Å². The molecule has 1 aromatic carbocycles. The number of anilines is 2. The average molecular weight is 444 g/mol. The van der Waals surface area contributed by atoms with Crippen LogP contribution in [-0.4, -0.2) is 33.1 Å². The van der Waals surface area contributed by atoms with Crippen LogP contribution in [0.5, 0.6) is 0 Å². The second-order valence-electron chi connectivity index (χ2n) is 8.52. The van der Waals surface area contributed by atoms with E-state index in [-0.39, 0.29) is 17.9 Å². The van der Waals surface area contributed by atoms with Gasteiger partial charge in [-0.15, -0.1) is 0 Å². The molecule has 168 valence electrons. The van der Waals surface area contributed by atoms with Gasteiger partial charge in [0.25, 0.3) is 5.91 Å². The van der Waals surface area contributed by atoms with E-state index in [0.717, 1.165) is 30.6 Å². The SMILES string of the molecule is CC(=O)N1CCCc2cc(NC(=O)c3cc(-c4ccco4)nc4c3cnn4C(C)C)ccc21. The summed E-state index contributed by atoms with van der Waals surface area (Å²) in [6, 6.07) is 11.1. The van der Waals surface area contributed by atoms with Gasteiger partial charge >= 0.3 is 0 Å². The van der Waals surface area contributed by atoms with E-state index < -0.39 is 0 Å². The zero-order chi connectivity index (χ0) is 23.1. The minimum atomic E-state index is -0.252. The third kappa shape index (κ3) is 3.77. The van der Waals surface area contributed by atoms with Crippen LogP contribution < -0.4 is 10.2 Å². The Morgan fingerprint density at radius 1 is 1.18 bits per heavy atom. The fourth-order valence-electron chi connectivity index (χ4n) is 4.33. The highest BCUT2D eigenvalue weighted by Crippen LogP contribution is 2.31. The van der Waals surface area contributed by atoms with Crippen molar-refractivity contribution < 1.29 is 14.0 Å². The molecule has 0 bridgehead atoms. The number of fused-ring (bicyclic) bond motifs is 2. The number of hydrogen-bond donors (Lipinski definition) is 1. The van der Waals surface area contributed by atoms with Crippen LogP contribution in [0.1, 0.15) is 49.2 Å². The summed E-state index contributed by atoms with van der Waals surface area (Å²) in [5.41, 5.74) is 4.33. The van der Waals surface area contributed by atoms with Crippen LogP contribution in [0.4, 0.5) is 11.4 Å². The van der Waals surface area contributed by atoms with Gasteiger partial charge in [-0.2, -0.15) is 5.10 Å². The Balaban J connectivity index is 1.53. The van der Waals surface area contributed by atoms with E-state index in [4.69, 9.17) is 9.40 Å². The maximum atomic E-state index is 13.4. The van der Waals surface area contributed by atoms with Gasteiger partial charge in [0.05, 0.1) is 23.4 Å². The van der Waals surface area contributed by atoms with Crippen LogP contribution in [0.15, 0.2) is 53.3 Å². The normalized spacial score (nSPS) is 13.4. The van der Waals surface area contributed by atoms with E-state index in [9.17, 15) is 9.59 Å². The molecule has 0 fully saturated rings. The van der Waals surface area contributed by atoms with E-state index in [0.29, 0.717) is 33.7 Å². The number of hydrogen-bond acceptors (Lipinski definition) is 5. The number of furan rings is 1. The molecule has 0 radical (unpaired) electrons. The topological polar surface area (TPSA) is 93.3 Å². The van der Waals surface area contributed by atoms with Crippen molar-refractivity contribution >= 4 is 34.2 Å². The summed E-state index contributed by atoms with van der Waals surface area (Å²) in [5, 5.41) is 8.15. The number of carbonyl (C=O) groups is 2. The smallest absolute Gasteiger partial charge is 0.256 e. The molecule has 0 spiro atoms. The number of aryl methyl sites for hydroxylation is 1. The third-order valence-corrected chi connectivity index (χ3v) is 5.91. The highest BCUT2D eigenvalue weighted by Gasteiger charge is 2.22. The van der Waals surface area contributed by atoms with Crippen molar-refractivity contribution in [2.45, 2.75) is 39.7 Å². The second kappa shape index (κ2) is 8.20. The van der Waals surface area contributed by atoms with Crippen molar-refractivity contribution in [3.05, 3.63) is 60.0 Å². The van der Waals surface area contributed by atoms with Gasteiger partial charge in [-0.3, -0.25) is 9.59 Å². The Labute approximate surface area is 191 Å². The molecule has 0 unspecified atom stereocenters. The Morgan fingerprint density at radius 3 is 2.76 bits per heavy atom. The van der Waals surface area contributed by atoms with E-state index in [2.05, 4.69) is 10.4 Å². The van der Waals surface area contributed by atoms with Crippen LogP contribution in [0, 0.1) is 0 Å². The third-order valence-electron chi connectivity index (χ3n) is 5.91. The van der Waals surface area contributed by atoms with Crippen molar-refractivity contribution in [1.82, 2.24) is 14.8 Å². The number of nitrogens with one attached hydrogen (secondary N) is 1. The molecule has 0 saturated carbocycles. The molecule has 1 N–H and O–H groups in total. The molecule has 2 amide bonds. The van der Waals surface area contributed by atoms with Gasteiger partial charge in [-0.05, 0) is 68.7 Å². The predicted octanol–water partition coefficient (Wildman–Crippen LogP) is 4.82. The number of aromatic nitrogens is 3. The minimum Gasteiger partial charge on any atom is -0.463 e. The first-order valence-corrected chi connectivity index (χ1v) is 11.1. The summed E-state index contributed by atoms with van der Waals surface area (Å²) in [4.78, 5) is 31.9. The maximum absolute atomic E-state index is 13.4. The Hall–Kier alpha value is -3.94. The van der Waals surface area contributed by atoms with Gasteiger partial charge in [-0.1, -0.05) is 0 Å². The van der Waals surface area contributed by atoms with Crippen LogP contribution in [0.2, 0.25) is 0 Å². The molecule has 4 heterocycles. The molecule has 5 rings (SSSR count). The lowest BCUT2D eigenvalue weighted by Crippen LogP contribution is -2.33. The quantitative estimate of drug-likeness (QED) is 0.488. The number of benzene rings is 1. The van der Waals surface area contributed by atoms with Crippen molar-refractivity contribution in [2.24, 2.45) is 0 Å². The van der Waals surface area contributed by atoms with Gasteiger partial charge in [0.2, 0.25) is 5.91 Å². The summed E-state index contributed by atoms with van der Waals surface area (Å²) in [5.74, 6) is 0.359. The Bertz CT molecular complexity index is 1350. The molecule has 0 saturated heterocycles. The number of pyridine rings is 1. The van der Waals surface area contributed by atoms with Crippen molar-refractivity contribution in [2.75, 3.05) is 16.8 Å². The van der Waals surface area contributed by atoms with Gasteiger partial charge < -0.3 is 14.6 Å². The van der Waals surface area contributed by atoms with Crippen molar-refractivity contribution in [3.63, 3.8) is 0 Å². The van der Waals surface area contributed by atoms with E-state index in [1.165, 1.54) is 0 Å². The molecule has 8 heteroatoms. The highest BCUT2D eigenvalue weighted by molar-refractivity contribution is 6.12. The molecule has 0 aliphatic carbocycles. The molecule has 3 aromatic heterocycles. The van der Waals surface area contributed by atoms with Crippen LogP contribution in [-0.2, 0) is 11.2 Å². The number of nitrogens with zero attached hydrogens (tertiary/aromatic N) is 4. The zero-order valence-corrected chi connectivity index (χ0v) is 18.8. The minimum absolute atomic E-state index is 0.0273. The fourth-order valence-corrected chi connectivity index (χ4v) is 4.33. The van der Waals surface area contributed by atoms with Crippen LogP contribution >= 0.6 is 0 Å². The largest absolute Gasteiger partial charge is 0.463 e. The lowest BCUT2D eigenvalue weighted by Gasteiger charge is -2.29. The van der Waals surface area contributed by atoms with Crippen molar-refractivity contribution in [3.8, 4) is 11.5 Å². The van der Waals surface area contributed by atoms with E-state index in [1.54, 1.807) is 41.1 Å². The average Bonchev–Trinajstić information content (AvgIpc) is 3.47. The number of amides is 2. The first-order valence-electron chi connectivity index (χ1n) is 11.1. The molecule has 1 aliphatic heterocycles. The number of carbonyl (C=O) groups excluding carboxylic acids is 2. The molecule has 33 heavy (non-hydrogen) atoms. The highest BCUT2D eigenvalue weighted by atomic mass is 16.3. The molecular weight excluding hydrogens is 418 g/mol. The summed E-state index contributed by atoms with van der Waals surface area (Å²) < 4.78 is 7.33. The summed E-state index contributed by atoms with van der Waals surface area (Å²) >= 11 is 0. The van der Waals surface area contributed by atoms with Crippen LogP contribution in [0.25, 0.3) is 22.5 Å². The number of rotatable bonds is 4. The lowest BCUT2D eigenvalue weighted by atomic mass is 10.0. The lowest BCUT2D eigenvalue weighted by molar-refractivity contribution is -0.116. The van der Waals surface area contributed by atoms with E-state index >= 15 is 0 Å². The molecule has 8 nitrogen and oxygen atoms in total. The monoisotopic (exact) mass is 443 g/mol.